The molecule has 7 aromatic carbocycles. The first-order valence-electron chi connectivity index (χ1n) is 19.7. The van der Waals surface area contributed by atoms with Crippen molar-refractivity contribution in [3.63, 3.8) is 0 Å². The molecule has 10 aromatic rings. The Labute approximate surface area is 339 Å². The minimum absolute atomic E-state index is 0.0499. The van der Waals surface area contributed by atoms with Crippen molar-refractivity contribution in [3.8, 4) is 50.9 Å². The SMILES string of the molecule is CC(C)(C)c1ccnc(-n2c3cc(Oc4ccc5c(c4)-n4[c-][n+](-c6ccccc6)c6cccc(c64)[Si]5)ccc3c3c(-c4ccccc4)cc(-c4ccccc4)cc32)c1. The normalized spacial score (nSPS) is 12.3. The Morgan fingerprint density at radius 2 is 1.34 bits per heavy atom. The zero-order chi connectivity index (χ0) is 39.0. The highest BCUT2D eigenvalue weighted by molar-refractivity contribution is 6.71. The van der Waals surface area contributed by atoms with Crippen LogP contribution in [0.2, 0.25) is 0 Å². The molecule has 0 fully saturated rings. The Morgan fingerprint density at radius 1 is 0.621 bits per heavy atom. The number of fused-ring (bicyclic) bond motifs is 5. The molecule has 0 unspecified atom stereocenters. The van der Waals surface area contributed by atoms with Gasteiger partial charge in [0.25, 0.3) is 6.33 Å². The number of ether oxygens (including phenoxy) is 1. The van der Waals surface area contributed by atoms with Gasteiger partial charge >= 0.3 is 0 Å². The summed E-state index contributed by atoms with van der Waals surface area (Å²) < 4.78 is 13.5. The molecule has 0 spiro atoms. The number of nitrogens with zero attached hydrogens (tertiary/aromatic N) is 4. The van der Waals surface area contributed by atoms with Crippen molar-refractivity contribution < 1.29 is 9.30 Å². The van der Waals surface area contributed by atoms with Gasteiger partial charge in [0.2, 0.25) is 0 Å². The third-order valence-corrected chi connectivity index (χ3v) is 12.6. The van der Waals surface area contributed by atoms with Gasteiger partial charge in [-0.25, -0.2) is 4.98 Å². The minimum Gasteiger partial charge on any atom is -0.458 e. The molecule has 3 aromatic heterocycles. The first-order valence-corrected chi connectivity index (χ1v) is 20.7. The van der Waals surface area contributed by atoms with Gasteiger partial charge in [0.15, 0.2) is 0 Å². The molecule has 0 saturated carbocycles. The van der Waals surface area contributed by atoms with Crippen molar-refractivity contribution >= 4 is 52.7 Å². The molecular formula is C52H38N4OSi. The molecule has 2 radical (unpaired) electrons. The highest BCUT2D eigenvalue weighted by Crippen LogP contribution is 2.43. The number of hydrogen-bond donors (Lipinski definition) is 0. The molecule has 1 aliphatic rings. The van der Waals surface area contributed by atoms with E-state index >= 15 is 0 Å². The van der Waals surface area contributed by atoms with Gasteiger partial charge in [-0.3, -0.25) is 13.7 Å². The van der Waals surface area contributed by atoms with Crippen molar-refractivity contribution in [2.45, 2.75) is 26.2 Å². The fourth-order valence-corrected chi connectivity index (χ4v) is 9.74. The molecular weight excluding hydrogens is 725 g/mol. The maximum Gasteiger partial charge on any atom is 0.269 e. The summed E-state index contributed by atoms with van der Waals surface area (Å²) in [6, 6.07) is 60.4. The number of imidazole rings is 1. The lowest BCUT2D eigenvalue weighted by Crippen LogP contribution is -2.35. The van der Waals surface area contributed by atoms with E-state index in [9.17, 15) is 0 Å². The maximum atomic E-state index is 6.84. The van der Waals surface area contributed by atoms with Crippen LogP contribution in [0.5, 0.6) is 11.5 Å². The van der Waals surface area contributed by atoms with E-state index < -0.39 is 0 Å². The van der Waals surface area contributed by atoms with Gasteiger partial charge in [0.1, 0.15) is 26.8 Å². The van der Waals surface area contributed by atoms with Crippen LogP contribution in [-0.4, -0.2) is 23.6 Å². The Bertz CT molecular complexity index is 3200. The van der Waals surface area contributed by atoms with Crippen molar-refractivity contribution in [1.29, 1.82) is 0 Å². The van der Waals surface area contributed by atoms with Crippen LogP contribution in [0, 0.1) is 6.33 Å². The number of pyridine rings is 1. The van der Waals surface area contributed by atoms with Gasteiger partial charge in [-0.2, -0.15) is 0 Å². The average Bonchev–Trinajstić information content (AvgIpc) is 3.81. The van der Waals surface area contributed by atoms with E-state index in [4.69, 9.17) is 9.72 Å². The molecule has 0 amide bonds. The van der Waals surface area contributed by atoms with Crippen molar-refractivity contribution in [1.82, 2.24) is 14.1 Å². The second kappa shape index (κ2) is 13.3. The van der Waals surface area contributed by atoms with E-state index in [2.05, 4.69) is 205 Å². The second-order valence-electron chi connectivity index (χ2n) is 16.0. The predicted molar refractivity (Wildman–Crippen MR) is 237 cm³/mol. The zero-order valence-corrected chi connectivity index (χ0v) is 33.4. The standard InChI is InChI=1S/C52H38N4OSi/c1-52(2,3)37-26-27-53-49(30-37)56-44-31-39(22-24-41(44)50-42(35-16-9-5-10-17-35)28-36(29-46(50)56)34-14-7-4-8-15-34)57-40-23-25-47-45(32-40)55-33-54(38-18-11-6-12-19-38)43-20-13-21-48(58-47)51(43)55/h4-32H,1-3H3. The fraction of sp³-hybridized carbons (Fsp3) is 0.0769. The van der Waals surface area contributed by atoms with Crippen LogP contribution >= 0.6 is 0 Å². The summed E-state index contributed by atoms with van der Waals surface area (Å²) in [5.74, 6) is 2.41. The van der Waals surface area contributed by atoms with E-state index in [1.807, 2.05) is 12.3 Å². The summed E-state index contributed by atoms with van der Waals surface area (Å²) in [7, 11) is 0.536. The van der Waals surface area contributed by atoms with E-state index in [0.717, 1.165) is 56.2 Å². The van der Waals surface area contributed by atoms with Crippen LogP contribution in [0.25, 0.3) is 72.3 Å². The fourth-order valence-electron chi connectivity index (χ4n) is 8.43. The molecule has 6 heteroatoms. The molecule has 11 rings (SSSR count). The van der Waals surface area contributed by atoms with Gasteiger partial charge < -0.3 is 4.74 Å². The van der Waals surface area contributed by atoms with Gasteiger partial charge in [-0.1, -0.05) is 124 Å². The first kappa shape index (κ1) is 34.2. The monoisotopic (exact) mass is 762 g/mol. The van der Waals surface area contributed by atoms with E-state index in [-0.39, 0.29) is 5.41 Å². The molecule has 0 atom stereocenters. The van der Waals surface area contributed by atoms with Crippen molar-refractivity contribution in [2.75, 3.05) is 0 Å². The number of para-hydroxylation sites is 2. The zero-order valence-electron chi connectivity index (χ0n) is 32.4. The summed E-state index contributed by atoms with van der Waals surface area (Å²) in [6.07, 6.45) is 5.62. The first-order chi connectivity index (χ1) is 28.4. The maximum absolute atomic E-state index is 6.84. The molecule has 4 heterocycles. The van der Waals surface area contributed by atoms with Crippen LogP contribution in [0.4, 0.5) is 0 Å². The second-order valence-corrected chi connectivity index (χ2v) is 17.3. The lowest BCUT2D eigenvalue weighted by atomic mass is 9.88. The highest BCUT2D eigenvalue weighted by atomic mass is 28.2. The molecule has 0 aliphatic carbocycles. The average molecular weight is 763 g/mol. The van der Waals surface area contributed by atoms with Crippen LogP contribution < -0.4 is 19.7 Å². The van der Waals surface area contributed by atoms with Gasteiger partial charge in [0.05, 0.1) is 33.4 Å². The molecule has 0 saturated heterocycles. The van der Waals surface area contributed by atoms with Gasteiger partial charge in [-0.15, -0.1) is 0 Å². The summed E-state index contributed by atoms with van der Waals surface area (Å²) in [4.78, 5) is 5.04. The van der Waals surface area contributed by atoms with Gasteiger partial charge in [-0.05, 0) is 104 Å². The predicted octanol–water partition coefficient (Wildman–Crippen LogP) is 10.6. The Hall–Kier alpha value is -7.02. The Kier molecular flexibility index (Phi) is 7.85. The quantitative estimate of drug-likeness (QED) is 0.0961. The number of aromatic nitrogens is 4. The summed E-state index contributed by atoms with van der Waals surface area (Å²) >= 11 is 0. The van der Waals surface area contributed by atoms with Crippen LogP contribution in [-0.2, 0) is 5.41 Å². The number of rotatable bonds is 6. The molecule has 0 N–H and O–H groups in total. The molecule has 0 bridgehead atoms. The third-order valence-electron chi connectivity index (χ3n) is 11.3. The smallest absolute Gasteiger partial charge is 0.269 e. The Morgan fingerprint density at radius 3 is 2.12 bits per heavy atom. The lowest BCUT2D eigenvalue weighted by Gasteiger charge is -2.20. The minimum atomic E-state index is -0.0499. The van der Waals surface area contributed by atoms with E-state index in [1.54, 1.807) is 0 Å². The molecule has 1 aliphatic heterocycles. The summed E-state index contributed by atoms with van der Waals surface area (Å²) in [5, 5.41) is 4.91. The van der Waals surface area contributed by atoms with Crippen LogP contribution in [0.3, 0.4) is 0 Å². The molecule has 5 nitrogen and oxygen atoms in total. The van der Waals surface area contributed by atoms with Crippen LogP contribution in [0.1, 0.15) is 26.3 Å². The van der Waals surface area contributed by atoms with Crippen molar-refractivity contribution in [3.05, 3.63) is 188 Å². The largest absolute Gasteiger partial charge is 0.458 e. The summed E-state index contributed by atoms with van der Waals surface area (Å²) in [5.41, 5.74) is 12.5. The number of benzene rings is 7. The molecule has 276 valence electrons. The topological polar surface area (TPSA) is 35.9 Å². The number of hydrogen-bond acceptors (Lipinski definition) is 2. The summed E-state index contributed by atoms with van der Waals surface area (Å²) in [6.45, 7) is 6.75. The Balaban J connectivity index is 1.10. The van der Waals surface area contributed by atoms with Crippen LogP contribution in [0.15, 0.2) is 176 Å². The van der Waals surface area contributed by atoms with E-state index in [1.165, 1.54) is 43.5 Å². The van der Waals surface area contributed by atoms with Crippen molar-refractivity contribution in [2.24, 2.45) is 0 Å². The lowest BCUT2D eigenvalue weighted by molar-refractivity contribution is -0.572. The molecule has 58 heavy (non-hydrogen) atoms. The highest BCUT2D eigenvalue weighted by Gasteiger charge is 2.25. The van der Waals surface area contributed by atoms with E-state index in [0.29, 0.717) is 9.52 Å². The van der Waals surface area contributed by atoms with Gasteiger partial charge in [0, 0.05) is 23.0 Å². The third kappa shape index (κ3) is 5.67.